The van der Waals surface area contributed by atoms with Crippen molar-refractivity contribution in [3.05, 3.63) is 0 Å². The monoisotopic (exact) mass is 472 g/mol. The van der Waals surface area contributed by atoms with Gasteiger partial charge in [0.15, 0.2) is 0 Å². The van der Waals surface area contributed by atoms with Crippen molar-refractivity contribution in [3.8, 4) is 0 Å². The maximum atomic E-state index is 12.5. The van der Waals surface area contributed by atoms with Crippen molar-refractivity contribution in [1.29, 1.82) is 0 Å². The van der Waals surface area contributed by atoms with Gasteiger partial charge in [-0.15, -0.1) is 0 Å². The zero-order chi connectivity index (χ0) is 22.7. The lowest BCUT2D eigenvalue weighted by atomic mass is 10.1. The van der Waals surface area contributed by atoms with Crippen LogP contribution in [-0.4, -0.2) is 44.9 Å². The molecule has 2 atom stereocenters. The normalized spacial score (nSPS) is 15.2. The topological polar surface area (TPSA) is 128 Å². The zero-order valence-corrected chi connectivity index (χ0v) is 20.7. The van der Waals surface area contributed by atoms with Crippen molar-refractivity contribution in [3.63, 3.8) is 0 Å². The minimum atomic E-state index is -4.23. The van der Waals surface area contributed by atoms with E-state index in [1.807, 2.05) is 0 Å². The third-order valence-electron chi connectivity index (χ3n) is 4.83. The van der Waals surface area contributed by atoms with Crippen molar-refractivity contribution < 1.29 is 26.9 Å². The molecular formula is C20H45N2O6PS. The highest BCUT2D eigenvalue weighted by molar-refractivity contribution is 7.89. The molecule has 0 spiro atoms. The van der Waals surface area contributed by atoms with Gasteiger partial charge in [-0.25, -0.2) is 17.7 Å². The van der Waals surface area contributed by atoms with Crippen molar-refractivity contribution in [2.24, 2.45) is 5.73 Å². The Hall–Kier alpha value is -0.0200. The van der Waals surface area contributed by atoms with Crippen LogP contribution in [0.2, 0.25) is 0 Å². The van der Waals surface area contributed by atoms with Gasteiger partial charge in [0, 0.05) is 12.6 Å². The Morgan fingerprint density at radius 1 is 0.900 bits per heavy atom. The van der Waals surface area contributed by atoms with Gasteiger partial charge in [-0.2, -0.15) is 0 Å². The van der Waals surface area contributed by atoms with Crippen molar-refractivity contribution in [1.82, 2.24) is 4.72 Å². The van der Waals surface area contributed by atoms with Crippen LogP contribution in [0.1, 0.15) is 97.3 Å². The average molecular weight is 473 g/mol. The summed E-state index contributed by atoms with van der Waals surface area (Å²) in [5, 5.41) is 0. The molecule has 0 heterocycles. The first-order valence-electron chi connectivity index (χ1n) is 11.6. The van der Waals surface area contributed by atoms with Gasteiger partial charge in [0.1, 0.15) is 0 Å². The number of phosphoric ester groups is 1. The summed E-state index contributed by atoms with van der Waals surface area (Å²) in [5.74, 6) is 0.0634. The van der Waals surface area contributed by atoms with Gasteiger partial charge in [-0.1, -0.05) is 84.5 Å². The molecule has 0 amide bonds. The predicted octanol–water partition coefficient (Wildman–Crippen LogP) is 4.48. The SMILES string of the molecule is CCCCCCCCCCS(=O)(=O)N[C@@H](CCCCCC)COP(=O)(O)OCCN. The summed E-state index contributed by atoms with van der Waals surface area (Å²) in [6, 6.07) is -0.553. The lowest BCUT2D eigenvalue weighted by molar-refractivity contribution is 0.141. The van der Waals surface area contributed by atoms with Gasteiger partial charge in [0.25, 0.3) is 0 Å². The second kappa shape index (κ2) is 18.5. The Bertz CT molecular complexity index is 547. The lowest BCUT2D eigenvalue weighted by Gasteiger charge is -2.20. The molecule has 1 unspecified atom stereocenters. The molecule has 8 nitrogen and oxygen atoms in total. The highest BCUT2D eigenvalue weighted by atomic mass is 32.2. The molecule has 10 heteroatoms. The second-order valence-electron chi connectivity index (χ2n) is 7.84. The molecule has 0 radical (unpaired) electrons. The van der Waals surface area contributed by atoms with Crippen LogP contribution in [0.25, 0.3) is 0 Å². The maximum Gasteiger partial charge on any atom is 0.472 e. The van der Waals surface area contributed by atoms with Gasteiger partial charge >= 0.3 is 7.82 Å². The van der Waals surface area contributed by atoms with Crippen molar-refractivity contribution in [2.75, 3.05) is 25.5 Å². The Morgan fingerprint density at radius 2 is 1.43 bits per heavy atom. The second-order valence-corrected chi connectivity index (χ2v) is 11.2. The minimum absolute atomic E-state index is 0.0634. The molecule has 0 saturated heterocycles. The molecular weight excluding hydrogens is 427 g/mol. The molecule has 0 aromatic rings. The number of hydrogen-bond donors (Lipinski definition) is 3. The minimum Gasteiger partial charge on any atom is -0.328 e. The van der Waals surface area contributed by atoms with Gasteiger partial charge in [0.05, 0.1) is 19.0 Å². The molecule has 0 saturated carbocycles. The number of phosphoric acid groups is 1. The molecule has 4 N–H and O–H groups in total. The van der Waals surface area contributed by atoms with Crippen molar-refractivity contribution >= 4 is 17.8 Å². The fourth-order valence-electron chi connectivity index (χ4n) is 3.12. The van der Waals surface area contributed by atoms with E-state index in [1.54, 1.807) is 0 Å². The van der Waals surface area contributed by atoms with Crippen LogP contribution < -0.4 is 10.5 Å². The molecule has 0 rings (SSSR count). The number of nitrogens with two attached hydrogens (primary N) is 1. The standard InChI is InChI=1S/C20H45N2O6PS/c1-3-5-7-9-10-11-12-14-18-30(25,26)22-20(15-13-8-6-4-2)19-28-29(23,24)27-17-16-21/h20,22H,3-19,21H2,1-2H3,(H,23,24)/t20-/m0/s1. The summed E-state index contributed by atoms with van der Waals surface area (Å²) in [5.41, 5.74) is 5.26. The summed E-state index contributed by atoms with van der Waals surface area (Å²) in [4.78, 5) is 9.66. The van der Waals surface area contributed by atoms with E-state index >= 15 is 0 Å². The molecule has 0 fully saturated rings. The van der Waals surface area contributed by atoms with Gasteiger partial charge in [-0.05, 0) is 12.8 Å². The highest BCUT2D eigenvalue weighted by Gasteiger charge is 2.25. The van der Waals surface area contributed by atoms with E-state index in [0.717, 1.165) is 44.9 Å². The first-order chi connectivity index (χ1) is 14.3. The molecule has 0 aromatic heterocycles. The number of hydrogen-bond acceptors (Lipinski definition) is 6. The summed E-state index contributed by atoms with van der Waals surface area (Å²) in [6.07, 6.45) is 13.1. The third kappa shape index (κ3) is 18.7. The fourth-order valence-corrected chi connectivity index (χ4v) is 5.30. The van der Waals surface area contributed by atoms with Crippen LogP contribution in [0.3, 0.4) is 0 Å². The third-order valence-corrected chi connectivity index (χ3v) is 7.33. The lowest BCUT2D eigenvalue weighted by Crippen LogP contribution is -2.39. The van der Waals surface area contributed by atoms with E-state index < -0.39 is 23.9 Å². The molecule has 182 valence electrons. The van der Waals surface area contributed by atoms with E-state index in [1.165, 1.54) is 25.7 Å². The van der Waals surface area contributed by atoms with E-state index in [9.17, 15) is 17.9 Å². The number of nitrogens with one attached hydrogen (secondary N) is 1. The van der Waals surface area contributed by atoms with Crippen LogP contribution in [-0.2, 0) is 23.6 Å². The molecule has 0 aliphatic carbocycles. The molecule has 0 aliphatic heterocycles. The molecule has 0 aromatic carbocycles. The first kappa shape index (κ1) is 30.0. The Morgan fingerprint density at radius 3 is 2.00 bits per heavy atom. The Kier molecular flexibility index (Phi) is 18.5. The van der Waals surface area contributed by atoms with Crippen LogP contribution in [0.5, 0.6) is 0 Å². The van der Waals surface area contributed by atoms with Gasteiger partial charge in [0.2, 0.25) is 10.0 Å². The largest absolute Gasteiger partial charge is 0.472 e. The summed E-state index contributed by atoms with van der Waals surface area (Å²) >= 11 is 0. The van der Waals surface area contributed by atoms with E-state index in [0.29, 0.717) is 12.8 Å². The Labute approximate surface area is 184 Å². The van der Waals surface area contributed by atoms with E-state index in [4.69, 9.17) is 14.8 Å². The van der Waals surface area contributed by atoms with Gasteiger partial charge in [-0.3, -0.25) is 9.05 Å². The number of rotatable bonds is 22. The Balaban J connectivity index is 4.43. The van der Waals surface area contributed by atoms with Gasteiger partial charge < -0.3 is 10.6 Å². The predicted molar refractivity (Wildman–Crippen MR) is 123 cm³/mol. The smallest absolute Gasteiger partial charge is 0.328 e. The van der Waals surface area contributed by atoms with E-state index in [-0.39, 0.29) is 25.5 Å². The maximum absolute atomic E-state index is 12.5. The van der Waals surface area contributed by atoms with E-state index in [2.05, 4.69) is 18.6 Å². The van der Waals surface area contributed by atoms with Crippen LogP contribution >= 0.6 is 7.82 Å². The summed E-state index contributed by atoms with van der Waals surface area (Å²) < 4.78 is 49.1. The first-order valence-corrected chi connectivity index (χ1v) is 14.7. The number of sulfonamides is 1. The van der Waals surface area contributed by atoms with Crippen LogP contribution in [0.4, 0.5) is 0 Å². The fraction of sp³-hybridized carbons (Fsp3) is 1.00. The summed E-state index contributed by atoms with van der Waals surface area (Å²) in [6.45, 7) is 4.08. The van der Waals surface area contributed by atoms with Crippen LogP contribution in [0, 0.1) is 0 Å². The number of unbranched alkanes of at least 4 members (excludes halogenated alkanes) is 10. The molecule has 0 bridgehead atoms. The summed E-state index contributed by atoms with van der Waals surface area (Å²) in [7, 11) is -7.70. The quantitative estimate of drug-likeness (QED) is 0.157. The average Bonchev–Trinajstić information content (AvgIpc) is 2.69. The highest BCUT2D eigenvalue weighted by Crippen LogP contribution is 2.43. The molecule has 0 aliphatic rings. The van der Waals surface area contributed by atoms with Crippen LogP contribution in [0.15, 0.2) is 0 Å². The van der Waals surface area contributed by atoms with Crippen molar-refractivity contribution in [2.45, 2.75) is 103 Å². The zero-order valence-electron chi connectivity index (χ0n) is 19.0. The molecule has 30 heavy (non-hydrogen) atoms.